The highest BCUT2D eigenvalue weighted by atomic mass is 32.2. The number of hydrogen-bond acceptors (Lipinski definition) is 4. The molecule has 2 aliphatic heterocycles. The smallest absolute Gasteiger partial charge is 0.327 e. The Morgan fingerprint density at radius 3 is 2.86 bits per heavy atom. The first kappa shape index (κ1) is 16.4. The number of amides is 2. The van der Waals surface area contributed by atoms with Gasteiger partial charge in [0, 0.05) is 18.4 Å². The lowest BCUT2D eigenvalue weighted by molar-refractivity contribution is -0.141. The van der Waals surface area contributed by atoms with Gasteiger partial charge in [-0.2, -0.15) is 0 Å². The number of carboxylic acids is 1. The summed E-state index contributed by atoms with van der Waals surface area (Å²) in [5.41, 5.74) is 0. The summed E-state index contributed by atoms with van der Waals surface area (Å²) in [6.07, 6.45) is 3.46. The van der Waals surface area contributed by atoms with Crippen LogP contribution in [0.2, 0.25) is 0 Å². The van der Waals surface area contributed by atoms with Gasteiger partial charge < -0.3 is 15.2 Å². The Labute approximate surface area is 129 Å². The average molecular weight is 316 g/mol. The van der Waals surface area contributed by atoms with Crippen LogP contribution in [0, 0.1) is 0 Å². The van der Waals surface area contributed by atoms with Gasteiger partial charge in [-0.1, -0.05) is 13.3 Å². The van der Waals surface area contributed by atoms with Gasteiger partial charge >= 0.3 is 12.0 Å². The number of carbonyl (C=O) groups is 2. The molecule has 2 heterocycles. The number of ether oxygens (including phenoxy) is 1. The largest absolute Gasteiger partial charge is 0.480 e. The molecule has 2 amide bonds. The average Bonchev–Trinajstić information content (AvgIpc) is 2.83. The highest BCUT2D eigenvalue weighted by Crippen LogP contribution is 2.32. The van der Waals surface area contributed by atoms with E-state index in [1.165, 1.54) is 4.90 Å². The molecule has 120 valence electrons. The molecule has 4 atom stereocenters. The Balaban J connectivity index is 2.00. The monoisotopic (exact) mass is 316 g/mol. The molecule has 7 heteroatoms. The fourth-order valence-corrected chi connectivity index (χ4v) is 4.39. The SMILES string of the molecule is CCCC1SCC(C(=O)O)N1C(=O)NC1CCOC(C)C1. The van der Waals surface area contributed by atoms with E-state index in [-0.39, 0.29) is 23.6 Å². The van der Waals surface area contributed by atoms with Crippen molar-refractivity contribution in [3.63, 3.8) is 0 Å². The Kier molecular flexibility index (Phi) is 5.75. The molecule has 0 spiro atoms. The lowest BCUT2D eigenvalue weighted by Gasteiger charge is -2.32. The third kappa shape index (κ3) is 4.03. The second-order valence-corrected chi connectivity index (χ2v) is 6.90. The van der Waals surface area contributed by atoms with E-state index in [0.717, 1.165) is 25.7 Å². The van der Waals surface area contributed by atoms with Crippen molar-refractivity contribution < 1.29 is 19.4 Å². The summed E-state index contributed by atoms with van der Waals surface area (Å²) in [6, 6.07) is -0.891. The van der Waals surface area contributed by atoms with Gasteiger partial charge in [0.2, 0.25) is 0 Å². The zero-order valence-corrected chi connectivity index (χ0v) is 13.4. The predicted octanol–water partition coefficient (Wildman–Crippen LogP) is 1.89. The Morgan fingerprint density at radius 1 is 1.48 bits per heavy atom. The molecular weight excluding hydrogens is 292 g/mol. The molecule has 0 aromatic heterocycles. The molecule has 6 nitrogen and oxygen atoms in total. The van der Waals surface area contributed by atoms with Crippen molar-refractivity contribution in [2.24, 2.45) is 0 Å². The maximum Gasteiger partial charge on any atom is 0.327 e. The topological polar surface area (TPSA) is 78.9 Å². The van der Waals surface area contributed by atoms with E-state index in [9.17, 15) is 14.7 Å². The number of aliphatic carboxylic acids is 1. The number of urea groups is 1. The molecular formula is C14H24N2O4S. The molecule has 0 aliphatic carbocycles. The summed E-state index contributed by atoms with van der Waals surface area (Å²) in [5.74, 6) is -0.450. The molecule has 0 radical (unpaired) electrons. The maximum absolute atomic E-state index is 12.5. The number of nitrogens with zero attached hydrogens (tertiary/aromatic N) is 1. The van der Waals surface area contributed by atoms with Gasteiger partial charge in [0.25, 0.3) is 0 Å². The van der Waals surface area contributed by atoms with Gasteiger partial charge in [-0.15, -0.1) is 11.8 Å². The number of nitrogens with one attached hydrogen (secondary N) is 1. The van der Waals surface area contributed by atoms with Crippen molar-refractivity contribution in [3.8, 4) is 0 Å². The van der Waals surface area contributed by atoms with Crippen LogP contribution in [0.1, 0.15) is 39.5 Å². The standard InChI is InChI=1S/C14H24N2O4S/c1-3-4-12-16(11(8-21-12)13(17)18)14(19)15-10-5-6-20-9(2)7-10/h9-12H,3-8H2,1-2H3,(H,15,19)(H,17,18). The van der Waals surface area contributed by atoms with Crippen molar-refractivity contribution in [2.45, 2.75) is 63.1 Å². The van der Waals surface area contributed by atoms with E-state index < -0.39 is 12.0 Å². The van der Waals surface area contributed by atoms with E-state index in [2.05, 4.69) is 5.32 Å². The molecule has 21 heavy (non-hydrogen) atoms. The Morgan fingerprint density at radius 2 is 2.24 bits per heavy atom. The zero-order chi connectivity index (χ0) is 15.4. The van der Waals surface area contributed by atoms with Gasteiger partial charge in [-0.05, 0) is 26.2 Å². The summed E-state index contributed by atoms with van der Waals surface area (Å²) in [4.78, 5) is 25.4. The van der Waals surface area contributed by atoms with Crippen molar-refractivity contribution >= 4 is 23.8 Å². The molecule has 2 N–H and O–H groups in total. The summed E-state index contributed by atoms with van der Waals surface area (Å²) < 4.78 is 5.47. The third-order valence-electron chi connectivity index (χ3n) is 3.96. The highest BCUT2D eigenvalue weighted by Gasteiger charge is 2.41. The third-order valence-corrected chi connectivity index (χ3v) is 5.32. The van der Waals surface area contributed by atoms with Crippen molar-refractivity contribution in [3.05, 3.63) is 0 Å². The minimum atomic E-state index is -0.920. The molecule has 2 rings (SSSR count). The normalized spacial score (nSPS) is 33.0. The van der Waals surface area contributed by atoms with Crippen LogP contribution in [0.4, 0.5) is 4.79 Å². The summed E-state index contributed by atoms with van der Waals surface area (Å²) in [6.45, 7) is 4.68. The van der Waals surface area contributed by atoms with Crippen LogP contribution in [0.25, 0.3) is 0 Å². The fourth-order valence-electron chi connectivity index (χ4n) is 2.87. The van der Waals surface area contributed by atoms with E-state index in [1.807, 2.05) is 13.8 Å². The van der Waals surface area contributed by atoms with Gasteiger partial charge in [0.1, 0.15) is 6.04 Å². The molecule has 0 aromatic carbocycles. The number of hydrogen-bond donors (Lipinski definition) is 2. The first-order valence-electron chi connectivity index (χ1n) is 7.57. The summed E-state index contributed by atoms with van der Waals surface area (Å²) in [7, 11) is 0. The highest BCUT2D eigenvalue weighted by molar-refractivity contribution is 8.00. The first-order chi connectivity index (χ1) is 10.0. The minimum absolute atomic E-state index is 0.0339. The van der Waals surface area contributed by atoms with Crippen LogP contribution >= 0.6 is 11.8 Å². The van der Waals surface area contributed by atoms with Crippen LogP contribution in [-0.4, -0.2) is 57.9 Å². The molecule has 0 bridgehead atoms. The summed E-state index contributed by atoms with van der Waals surface area (Å²) >= 11 is 1.56. The van der Waals surface area contributed by atoms with E-state index in [1.54, 1.807) is 11.8 Å². The van der Waals surface area contributed by atoms with Crippen molar-refractivity contribution in [2.75, 3.05) is 12.4 Å². The zero-order valence-electron chi connectivity index (χ0n) is 12.6. The molecule has 0 saturated carbocycles. The second kappa shape index (κ2) is 7.35. The van der Waals surface area contributed by atoms with E-state index in [4.69, 9.17) is 4.74 Å². The second-order valence-electron chi connectivity index (χ2n) is 5.69. The van der Waals surface area contributed by atoms with Gasteiger partial charge in [0.05, 0.1) is 11.5 Å². The van der Waals surface area contributed by atoms with Crippen molar-refractivity contribution in [1.29, 1.82) is 0 Å². The van der Waals surface area contributed by atoms with Gasteiger partial charge in [0.15, 0.2) is 0 Å². The Hall–Kier alpha value is -0.950. The first-order valence-corrected chi connectivity index (χ1v) is 8.62. The number of carboxylic acid groups (broad SMARTS) is 1. The number of thioether (sulfide) groups is 1. The van der Waals surface area contributed by atoms with Crippen LogP contribution < -0.4 is 5.32 Å². The van der Waals surface area contributed by atoms with Crippen LogP contribution in [-0.2, 0) is 9.53 Å². The van der Waals surface area contributed by atoms with Gasteiger partial charge in [-0.25, -0.2) is 9.59 Å². The molecule has 2 aliphatic rings. The molecule has 0 aromatic rings. The Bertz CT molecular complexity index is 393. The lowest BCUT2D eigenvalue weighted by Crippen LogP contribution is -2.53. The maximum atomic E-state index is 12.5. The minimum Gasteiger partial charge on any atom is -0.480 e. The molecule has 2 saturated heterocycles. The lowest BCUT2D eigenvalue weighted by atomic mass is 10.0. The van der Waals surface area contributed by atoms with Crippen molar-refractivity contribution in [1.82, 2.24) is 10.2 Å². The van der Waals surface area contributed by atoms with Crippen LogP contribution in [0.15, 0.2) is 0 Å². The van der Waals surface area contributed by atoms with Crippen LogP contribution in [0.3, 0.4) is 0 Å². The van der Waals surface area contributed by atoms with Gasteiger partial charge in [-0.3, -0.25) is 4.90 Å². The van der Waals surface area contributed by atoms with E-state index in [0.29, 0.717) is 12.4 Å². The van der Waals surface area contributed by atoms with Crippen LogP contribution in [0.5, 0.6) is 0 Å². The quantitative estimate of drug-likeness (QED) is 0.828. The number of rotatable bonds is 4. The predicted molar refractivity (Wildman–Crippen MR) is 81.4 cm³/mol. The summed E-state index contributed by atoms with van der Waals surface area (Å²) in [5, 5.41) is 12.3. The molecule has 2 fully saturated rings. The molecule has 4 unspecified atom stereocenters. The van der Waals surface area contributed by atoms with E-state index >= 15 is 0 Å². The fraction of sp³-hybridized carbons (Fsp3) is 0.857. The number of carbonyl (C=O) groups excluding carboxylic acids is 1.